The second-order valence-corrected chi connectivity index (χ2v) is 2.97. The number of carbonyl (C=O) groups excluding carboxylic acids is 1. The summed E-state index contributed by atoms with van der Waals surface area (Å²) in [7, 11) is 4.87. The standard InChI is InChI=1S/C9H13N2O3/c1-6-8(7(2)14-10-6)5-11(3)9(12)13-4/h3,5H2,1-2,4H3. The number of aromatic nitrogens is 1. The normalized spacial score (nSPS) is 10.0. The lowest BCUT2D eigenvalue weighted by Gasteiger charge is -2.14. The van der Waals surface area contributed by atoms with Crippen molar-refractivity contribution in [2.75, 3.05) is 7.11 Å². The van der Waals surface area contributed by atoms with Gasteiger partial charge in [-0.2, -0.15) is 0 Å². The number of methoxy groups -OCH3 is 1. The van der Waals surface area contributed by atoms with Gasteiger partial charge in [-0.3, -0.25) is 0 Å². The number of nitrogens with zero attached hydrogens (tertiary/aromatic N) is 2. The molecule has 0 saturated heterocycles. The second-order valence-electron chi connectivity index (χ2n) is 2.97. The Hall–Kier alpha value is -1.52. The molecule has 0 unspecified atom stereocenters. The molecule has 0 aliphatic heterocycles. The van der Waals surface area contributed by atoms with Crippen molar-refractivity contribution in [3.05, 3.63) is 24.1 Å². The Balaban J connectivity index is 2.73. The van der Waals surface area contributed by atoms with Crippen LogP contribution in [0.25, 0.3) is 0 Å². The minimum Gasteiger partial charge on any atom is -0.453 e. The molecule has 1 radical (unpaired) electrons. The van der Waals surface area contributed by atoms with Crippen LogP contribution in [0.2, 0.25) is 0 Å². The Morgan fingerprint density at radius 1 is 1.64 bits per heavy atom. The number of aryl methyl sites for hydroxylation is 2. The topological polar surface area (TPSA) is 55.6 Å². The highest BCUT2D eigenvalue weighted by Gasteiger charge is 2.15. The molecule has 1 aromatic rings. The first-order valence-electron chi connectivity index (χ1n) is 4.14. The van der Waals surface area contributed by atoms with Crippen LogP contribution in [0, 0.1) is 20.9 Å². The fourth-order valence-electron chi connectivity index (χ4n) is 1.11. The molecule has 14 heavy (non-hydrogen) atoms. The van der Waals surface area contributed by atoms with Crippen molar-refractivity contribution in [3.63, 3.8) is 0 Å². The molecule has 1 aromatic heterocycles. The van der Waals surface area contributed by atoms with Gasteiger partial charge in [0.25, 0.3) is 0 Å². The van der Waals surface area contributed by atoms with Crippen molar-refractivity contribution in [2.24, 2.45) is 0 Å². The van der Waals surface area contributed by atoms with E-state index in [4.69, 9.17) is 4.52 Å². The third-order valence-electron chi connectivity index (χ3n) is 1.96. The summed E-state index contributed by atoms with van der Waals surface area (Å²) in [6.45, 7) is 3.95. The molecule has 1 rings (SSSR count). The summed E-state index contributed by atoms with van der Waals surface area (Å²) in [5, 5.41) is 3.77. The molecule has 5 nitrogen and oxygen atoms in total. The molecule has 0 aliphatic rings. The molecule has 0 bridgehead atoms. The average Bonchev–Trinajstić information content (AvgIpc) is 2.48. The van der Waals surface area contributed by atoms with Crippen LogP contribution in [0.4, 0.5) is 4.79 Å². The van der Waals surface area contributed by atoms with E-state index in [1.807, 2.05) is 6.92 Å². The lowest BCUT2D eigenvalue weighted by atomic mass is 10.2. The fraction of sp³-hybridized carbons (Fsp3) is 0.444. The summed E-state index contributed by atoms with van der Waals surface area (Å²) in [5.41, 5.74) is 1.63. The Bertz CT molecular complexity index is 313. The van der Waals surface area contributed by atoms with Crippen LogP contribution in [0.15, 0.2) is 4.52 Å². The molecule has 0 aliphatic carbocycles. The van der Waals surface area contributed by atoms with Gasteiger partial charge in [0.05, 0.1) is 19.3 Å². The summed E-state index contributed by atoms with van der Waals surface area (Å²) >= 11 is 0. The van der Waals surface area contributed by atoms with Crippen molar-refractivity contribution in [1.29, 1.82) is 0 Å². The van der Waals surface area contributed by atoms with E-state index < -0.39 is 6.09 Å². The minimum absolute atomic E-state index is 0.341. The SMILES string of the molecule is [CH2]N(Cc1c(C)noc1C)C(=O)OC. The van der Waals surface area contributed by atoms with Crippen molar-refractivity contribution in [3.8, 4) is 0 Å². The van der Waals surface area contributed by atoms with Gasteiger partial charge in [0.2, 0.25) is 0 Å². The highest BCUT2D eigenvalue weighted by Crippen LogP contribution is 2.14. The minimum atomic E-state index is -0.481. The van der Waals surface area contributed by atoms with Gasteiger partial charge in [-0.15, -0.1) is 0 Å². The van der Waals surface area contributed by atoms with Gasteiger partial charge >= 0.3 is 6.09 Å². The van der Waals surface area contributed by atoms with Crippen molar-refractivity contribution >= 4 is 6.09 Å². The zero-order valence-corrected chi connectivity index (χ0v) is 8.53. The van der Waals surface area contributed by atoms with Crippen LogP contribution in [0.5, 0.6) is 0 Å². The van der Waals surface area contributed by atoms with Crippen LogP contribution in [0.1, 0.15) is 17.0 Å². The lowest BCUT2D eigenvalue weighted by molar-refractivity contribution is 0.137. The Morgan fingerprint density at radius 2 is 2.29 bits per heavy atom. The Labute approximate surface area is 82.6 Å². The zero-order chi connectivity index (χ0) is 10.7. The highest BCUT2D eigenvalue weighted by molar-refractivity contribution is 5.67. The van der Waals surface area contributed by atoms with Crippen molar-refractivity contribution < 1.29 is 14.1 Å². The molecule has 5 heteroatoms. The zero-order valence-electron chi connectivity index (χ0n) is 8.53. The Morgan fingerprint density at radius 3 is 2.71 bits per heavy atom. The predicted octanol–water partition coefficient (Wildman–Crippen LogP) is 1.65. The second kappa shape index (κ2) is 4.13. The summed E-state index contributed by atoms with van der Waals surface area (Å²) in [6, 6.07) is 0. The predicted molar refractivity (Wildman–Crippen MR) is 49.3 cm³/mol. The summed E-state index contributed by atoms with van der Waals surface area (Å²) in [5.74, 6) is 0.694. The maximum atomic E-state index is 11.1. The molecule has 1 amide bonds. The van der Waals surface area contributed by atoms with E-state index in [2.05, 4.69) is 16.9 Å². The van der Waals surface area contributed by atoms with Gasteiger partial charge in [0.15, 0.2) is 0 Å². The van der Waals surface area contributed by atoms with Crippen LogP contribution < -0.4 is 0 Å². The first-order chi connectivity index (χ1) is 6.56. The third-order valence-corrected chi connectivity index (χ3v) is 1.96. The molecule has 0 fully saturated rings. The first kappa shape index (κ1) is 10.6. The van der Waals surface area contributed by atoms with Crippen molar-refractivity contribution in [2.45, 2.75) is 20.4 Å². The monoisotopic (exact) mass is 197 g/mol. The molecule has 0 atom stereocenters. The molecule has 77 valence electrons. The molecule has 1 heterocycles. The van der Waals surface area contributed by atoms with E-state index in [-0.39, 0.29) is 0 Å². The average molecular weight is 197 g/mol. The van der Waals surface area contributed by atoms with Crippen LogP contribution in [-0.2, 0) is 11.3 Å². The molecule has 0 spiro atoms. The van der Waals surface area contributed by atoms with Crippen molar-refractivity contribution in [1.82, 2.24) is 10.1 Å². The largest absolute Gasteiger partial charge is 0.453 e. The maximum Gasteiger partial charge on any atom is 0.409 e. The van der Waals surface area contributed by atoms with E-state index in [1.165, 1.54) is 12.0 Å². The quantitative estimate of drug-likeness (QED) is 0.723. The smallest absolute Gasteiger partial charge is 0.409 e. The van der Waals surface area contributed by atoms with E-state index in [0.717, 1.165) is 11.3 Å². The fourth-order valence-corrected chi connectivity index (χ4v) is 1.11. The molecule has 0 aromatic carbocycles. The number of hydrogen-bond acceptors (Lipinski definition) is 4. The van der Waals surface area contributed by atoms with Gasteiger partial charge in [-0.1, -0.05) is 5.16 Å². The summed E-state index contributed by atoms with van der Waals surface area (Å²) < 4.78 is 9.47. The number of ether oxygens (including phenoxy) is 1. The number of amides is 1. The maximum absolute atomic E-state index is 11.1. The third kappa shape index (κ3) is 2.04. The van der Waals surface area contributed by atoms with Crippen LogP contribution in [0.3, 0.4) is 0 Å². The number of carbonyl (C=O) groups is 1. The van der Waals surface area contributed by atoms with E-state index in [0.29, 0.717) is 12.3 Å². The van der Waals surface area contributed by atoms with E-state index in [9.17, 15) is 4.79 Å². The van der Waals surface area contributed by atoms with Gasteiger partial charge in [0, 0.05) is 12.6 Å². The van der Waals surface area contributed by atoms with Gasteiger partial charge in [0.1, 0.15) is 5.76 Å². The van der Waals surface area contributed by atoms with Gasteiger partial charge < -0.3 is 14.2 Å². The van der Waals surface area contributed by atoms with E-state index in [1.54, 1.807) is 6.92 Å². The van der Waals surface area contributed by atoms with E-state index >= 15 is 0 Å². The molecule has 0 saturated carbocycles. The Kier molecular flexibility index (Phi) is 3.11. The first-order valence-corrected chi connectivity index (χ1v) is 4.14. The summed E-state index contributed by atoms with van der Waals surface area (Å²) in [6.07, 6.45) is -0.481. The number of hydrogen-bond donors (Lipinski definition) is 0. The molecular formula is C9H13N2O3. The van der Waals surface area contributed by atoms with Crippen LogP contribution >= 0.6 is 0 Å². The molecular weight excluding hydrogens is 184 g/mol. The van der Waals surface area contributed by atoms with Gasteiger partial charge in [-0.25, -0.2) is 4.79 Å². The van der Waals surface area contributed by atoms with Crippen LogP contribution in [-0.4, -0.2) is 23.3 Å². The lowest BCUT2D eigenvalue weighted by Crippen LogP contribution is -2.24. The summed E-state index contributed by atoms with van der Waals surface area (Å²) in [4.78, 5) is 12.3. The highest BCUT2D eigenvalue weighted by atomic mass is 16.5. The number of rotatable bonds is 2. The van der Waals surface area contributed by atoms with Gasteiger partial charge in [-0.05, 0) is 13.8 Å². The molecule has 0 N–H and O–H groups in total.